The summed E-state index contributed by atoms with van der Waals surface area (Å²) in [5.74, 6) is -1.29. The van der Waals surface area contributed by atoms with E-state index in [-0.39, 0.29) is 38.1 Å². The number of hydrogen-bond donors (Lipinski definition) is 1. The molecule has 1 amide bonds. The third-order valence-corrected chi connectivity index (χ3v) is 4.01. The highest BCUT2D eigenvalue weighted by atomic mass is 35.5. The van der Waals surface area contributed by atoms with Crippen LogP contribution >= 0.6 is 11.6 Å². The Morgan fingerprint density at radius 1 is 1.33 bits per heavy atom. The van der Waals surface area contributed by atoms with Crippen molar-refractivity contribution in [2.24, 2.45) is 0 Å². The summed E-state index contributed by atoms with van der Waals surface area (Å²) in [5.41, 5.74) is 0.828. The summed E-state index contributed by atoms with van der Waals surface area (Å²) in [7, 11) is 0. The number of nitrogens with zero attached hydrogens (tertiary/aromatic N) is 1. The molecule has 1 aromatic rings. The third kappa shape index (κ3) is 6.47. The van der Waals surface area contributed by atoms with Crippen molar-refractivity contribution >= 4 is 23.5 Å². The Hall–Kier alpha value is -1.63. The average Bonchev–Trinajstić information content (AvgIpc) is 3.06. The largest absolute Gasteiger partial charge is 0.480 e. The minimum Gasteiger partial charge on any atom is -0.480 e. The fraction of sp³-hybridized carbons (Fsp3) is 0.529. The smallest absolute Gasteiger partial charge is 0.323 e. The average molecular weight is 356 g/mol. The van der Waals surface area contributed by atoms with Gasteiger partial charge >= 0.3 is 5.97 Å². The standard InChI is InChI=1S/C17H22ClNO5/c18-14-5-3-13(4-6-14)10-19(11-17(21)22)16(20)7-9-23-12-15-2-1-8-24-15/h3-6,15H,1-2,7-12H2,(H,21,22). The minimum absolute atomic E-state index is 0.115. The number of carbonyl (C=O) groups is 2. The van der Waals surface area contributed by atoms with Crippen molar-refractivity contribution in [2.75, 3.05) is 26.4 Å². The van der Waals surface area contributed by atoms with Crippen LogP contribution < -0.4 is 0 Å². The molecule has 0 bridgehead atoms. The Labute approximate surface area is 146 Å². The summed E-state index contributed by atoms with van der Waals surface area (Å²) in [6, 6.07) is 6.98. The van der Waals surface area contributed by atoms with E-state index in [0.29, 0.717) is 11.6 Å². The molecule has 24 heavy (non-hydrogen) atoms. The first-order valence-corrected chi connectivity index (χ1v) is 8.36. The van der Waals surface area contributed by atoms with Crippen LogP contribution in [0.5, 0.6) is 0 Å². The number of ether oxygens (including phenoxy) is 2. The molecule has 0 aliphatic carbocycles. The van der Waals surface area contributed by atoms with Crippen molar-refractivity contribution in [1.29, 1.82) is 0 Å². The maximum atomic E-state index is 12.3. The molecule has 1 aliphatic heterocycles. The van der Waals surface area contributed by atoms with Gasteiger partial charge in [0.25, 0.3) is 0 Å². The normalized spacial score (nSPS) is 17.0. The first-order valence-electron chi connectivity index (χ1n) is 7.98. The van der Waals surface area contributed by atoms with Crippen molar-refractivity contribution in [3.8, 4) is 0 Å². The van der Waals surface area contributed by atoms with Gasteiger partial charge in [-0.15, -0.1) is 0 Å². The lowest BCUT2D eigenvalue weighted by Crippen LogP contribution is -2.35. The molecule has 1 heterocycles. The van der Waals surface area contributed by atoms with E-state index in [0.717, 1.165) is 25.0 Å². The lowest BCUT2D eigenvalue weighted by Gasteiger charge is -2.21. The Balaban J connectivity index is 1.80. The number of benzene rings is 1. The van der Waals surface area contributed by atoms with Gasteiger partial charge in [0.1, 0.15) is 6.54 Å². The molecule has 1 saturated heterocycles. The summed E-state index contributed by atoms with van der Waals surface area (Å²) in [4.78, 5) is 24.6. The second-order valence-electron chi connectivity index (χ2n) is 5.73. The monoisotopic (exact) mass is 355 g/mol. The fourth-order valence-electron chi connectivity index (χ4n) is 2.51. The van der Waals surface area contributed by atoms with E-state index >= 15 is 0 Å². The molecule has 1 aromatic carbocycles. The zero-order chi connectivity index (χ0) is 17.4. The van der Waals surface area contributed by atoms with Crippen LogP contribution in [0.4, 0.5) is 0 Å². The third-order valence-electron chi connectivity index (χ3n) is 3.75. The summed E-state index contributed by atoms with van der Waals surface area (Å²) in [6.07, 6.45) is 2.29. The number of carbonyl (C=O) groups excluding carboxylic acids is 1. The van der Waals surface area contributed by atoms with Crippen LogP contribution in [0, 0.1) is 0 Å². The fourth-order valence-corrected chi connectivity index (χ4v) is 2.64. The van der Waals surface area contributed by atoms with Crippen LogP contribution in [-0.2, 0) is 25.6 Å². The molecule has 1 N–H and O–H groups in total. The quantitative estimate of drug-likeness (QED) is 0.688. The van der Waals surface area contributed by atoms with E-state index in [1.54, 1.807) is 24.3 Å². The summed E-state index contributed by atoms with van der Waals surface area (Å²) in [5, 5.41) is 9.60. The molecule has 2 rings (SSSR count). The van der Waals surface area contributed by atoms with Crippen molar-refractivity contribution < 1.29 is 24.2 Å². The summed E-state index contributed by atoms with van der Waals surface area (Å²) in [6.45, 7) is 1.39. The van der Waals surface area contributed by atoms with Gasteiger partial charge < -0.3 is 19.5 Å². The van der Waals surface area contributed by atoms with Gasteiger partial charge in [-0.25, -0.2) is 0 Å². The molecule has 0 saturated carbocycles. The molecule has 0 spiro atoms. The van der Waals surface area contributed by atoms with Crippen LogP contribution in [-0.4, -0.2) is 54.4 Å². The van der Waals surface area contributed by atoms with Crippen LogP contribution in [0.1, 0.15) is 24.8 Å². The molecule has 6 nitrogen and oxygen atoms in total. The van der Waals surface area contributed by atoms with E-state index < -0.39 is 5.97 Å². The van der Waals surface area contributed by atoms with Gasteiger partial charge in [-0.05, 0) is 30.5 Å². The number of carboxylic acids is 1. The van der Waals surface area contributed by atoms with Gasteiger partial charge in [0.15, 0.2) is 0 Å². The van der Waals surface area contributed by atoms with Crippen LogP contribution in [0.25, 0.3) is 0 Å². The molecule has 7 heteroatoms. The SMILES string of the molecule is O=C(O)CN(Cc1ccc(Cl)cc1)C(=O)CCOCC1CCCO1. The van der Waals surface area contributed by atoms with Crippen LogP contribution in [0.3, 0.4) is 0 Å². The molecule has 0 aromatic heterocycles. The topological polar surface area (TPSA) is 76.1 Å². The zero-order valence-corrected chi connectivity index (χ0v) is 14.2. The van der Waals surface area contributed by atoms with Crippen LogP contribution in [0.2, 0.25) is 5.02 Å². The highest BCUT2D eigenvalue weighted by Crippen LogP contribution is 2.13. The number of aliphatic carboxylic acids is 1. The molecule has 132 valence electrons. The number of halogens is 1. The molecule has 1 unspecified atom stereocenters. The summed E-state index contributed by atoms with van der Waals surface area (Å²) >= 11 is 5.83. The van der Waals surface area contributed by atoms with Crippen LogP contribution in [0.15, 0.2) is 24.3 Å². The Morgan fingerprint density at radius 2 is 2.08 bits per heavy atom. The second-order valence-corrected chi connectivity index (χ2v) is 6.17. The maximum absolute atomic E-state index is 12.3. The molecular formula is C17H22ClNO5. The van der Waals surface area contributed by atoms with Gasteiger partial charge in [0.2, 0.25) is 5.91 Å². The first kappa shape index (κ1) is 18.7. The first-order chi connectivity index (χ1) is 11.5. The van der Waals surface area contributed by atoms with Crippen molar-refractivity contribution in [1.82, 2.24) is 4.90 Å². The van der Waals surface area contributed by atoms with E-state index in [1.807, 2.05) is 0 Å². The Bertz CT molecular complexity index is 542. The lowest BCUT2D eigenvalue weighted by molar-refractivity contribution is -0.145. The zero-order valence-electron chi connectivity index (χ0n) is 13.4. The predicted octanol–water partition coefficient (Wildman–Crippen LogP) is 2.34. The van der Waals surface area contributed by atoms with Gasteiger partial charge in [0.05, 0.1) is 25.7 Å². The number of amides is 1. The molecule has 0 radical (unpaired) electrons. The Morgan fingerprint density at radius 3 is 2.71 bits per heavy atom. The molecular weight excluding hydrogens is 334 g/mol. The highest BCUT2D eigenvalue weighted by molar-refractivity contribution is 6.30. The van der Waals surface area contributed by atoms with E-state index in [2.05, 4.69) is 0 Å². The lowest BCUT2D eigenvalue weighted by atomic mass is 10.2. The second kappa shape index (κ2) is 9.61. The highest BCUT2D eigenvalue weighted by Gasteiger charge is 2.18. The van der Waals surface area contributed by atoms with Crippen molar-refractivity contribution in [2.45, 2.75) is 31.9 Å². The van der Waals surface area contributed by atoms with Gasteiger partial charge in [-0.1, -0.05) is 23.7 Å². The van der Waals surface area contributed by atoms with E-state index in [9.17, 15) is 9.59 Å². The number of rotatable bonds is 9. The molecule has 1 aliphatic rings. The Kier molecular flexibility index (Phi) is 7.49. The molecule has 1 fully saturated rings. The van der Waals surface area contributed by atoms with Gasteiger partial charge in [-0.2, -0.15) is 0 Å². The van der Waals surface area contributed by atoms with E-state index in [1.165, 1.54) is 4.90 Å². The van der Waals surface area contributed by atoms with Crippen molar-refractivity contribution in [3.63, 3.8) is 0 Å². The van der Waals surface area contributed by atoms with Gasteiger partial charge in [0, 0.05) is 18.2 Å². The van der Waals surface area contributed by atoms with Crippen molar-refractivity contribution in [3.05, 3.63) is 34.9 Å². The number of hydrogen-bond acceptors (Lipinski definition) is 4. The summed E-state index contributed by atoms with van der Waals surface area (Å²) < 4.78 is 10.9. The van der Waals surface area contributed by atoms with Gasteiger partial charge in [-0.3, -0.25) is 9.59 Å². The minimum atomic E-state index is -1.04. The maximum Gasteiger partial charge on any atom is 0.323 e. The number of carboxylic acid groups (broad SMARTS) is 1. The predicted molar refractivity (Wildman–Crippen MR) is 88.9 cm³/mol. The molecule has 1 atom stereocenters. The van der Waals surface area contributed by atoms with E-state index in [4.69, 9.17) is 26.2 Å².